The molecule has 0 aliphatic carbocycles. The quantitative estimate of drug-likeness (QED) is 0.298. The molecule has 174 valence electrons. The summed E-state index contributed by atoms with van der Waals surface area (Å²) >= 11 is 0. The van der Waals surface area contributed by atoms with E-state index in [1.54, 1.807) is 26.1 Å². The van der Waals surface area contributed by atoms with Gasteiger partial charge >= 0.3 is 0 Å². The number of hydrogen-bond acceptors (Lipinski definition) is 5. The Labute approximate surface area is 187 Å². The molecule has 1 aliphatic rings. The Bertz CT molecular complexity index is 690. The van der Waals surface area contributed by atoms with Gasteiger partial charge in [0.05, 0.1) is 13.2 Å². The lowest BCUT2D eigenvalue weighted by molar-refractivity contribution is -0.127. The van der Waals surface area contributed by atoms with Crippen LogP contribution in [0.3, 0.4) is 0 Å². The van der Waals surface area contributed by atoms with E-state index in [1.807, 2.05) is 19.1 Å². The van der Waals surface area contributed by atoms with Crippen molar-refractivity contribution in [3.05, 3.63) is 29.8 Å². The van der Waals surface area contributed by atoms with Gasteiger partial charge in [-0.15, -0.1) is 0 Å². The zero-order valence-electron chi connectivity index (χ0n) is 19.5. The minimum absolute atomic E-state index is 0.0313. The smallest absolute Gasteiger partial charge is 0.243 e. The molecule has 1 aliphatic heterocycles. The standard InChI is InChI=1S/C23H39N5O3/c1-5-31-16-10-13-24-23(26-18-22(29)27(2)3)25-17-20(28-14-8-9-15-28)19-11-6-7-12-21(19)30-4/h6-7,11-12,20H,5,8-10,13-18H2,1-4H3,(H2,24,25,26). The highest BCUT2D eigenvalue weighted by molar-refractivity contribution is 5.84. The number of rotatable bonds is 12. The number of likely N-dealkylation sites (tertiary alicyclic amines) is 1. The number of para-hydroxylation sites is 1. The molecule has 1 heterocycles. The Morgan fingerprint density at radius 3 is 2.65 bits per heavy atom. The van der Waals surface area contributed by atoms with E-state index in [4.69, 9.17) is 9.47 Å². The van der Waals surface area contributed by atoms with Crippen LogP contribution in [0.15, 0.2) is 29.3 Å². The second kappa shape index (κ2) is 13.9. The van der Waals surface area contributed by atoms with Gasteiger partial charge in [0, 0.05) is 46.0 Å². The molecule has 2 N–H and O–H groups in total. The number of methoxy groups -OCH3 is 1. The topological polar surface area (TPSA) is 78.4 Å². The van der Waals surface area contributed by atoms with Crippen molar-refractivity contribution in [2.75, 3.05) is 67.1 Å². The monoisotopic (exact) mass is 433 g/mol. The van der Waals surface area contributed by atoms with Gasteiger partial charge in [-0.1, -0.05) is 18.2 Å². The largest absolute Gasteiger partial charge is 0.496 e. The first-order chi connectivity index (χ1) is 15.1. The van der Waals surface area contributed by atoms with Gasteiger partial charge in [-0.05, 0) is 45.3 Å². The molecular formula is C23H39N5O3. The third kappa shape index (κ3) is 8.38. The molecule has 1 aromatic rings. The molecule has 1 amide bonds. The first-order valence-corrected chi connectivity index (χ1v) is 11.2. The van der Waals surface area contributed by atoms with Crippen LogP contribution in [-0.4, -0.2) is 88.8 Å². The zero-order valence-corrected chi connectivity index (χ0v) is 19.5. The van der Waals surface area contributed by atoms with Gasteiger partial charge in [0.15, 0.2) is 5.96 Å². The molecule has 31 heavy (non-hydrogen) atoms. The van der Waals surface area contributed by atoms with E-state index in [1.165, 1.54) is 18.4 Å². The summed E-state index contributed by atoms with van der Waals surface area (Å²) in [5, 5.41) is 6.80. The molecule has 1 atom stereocenters. The number of nitrogens with one attached hydrogen (secondary N) is 2. The summed E-state index contributed by atoms with van der Waals surface area (Å²) < 4.78 is 11.0. The molecule has 1 fully saturated rings. The van der Waals surface area contributed by atoms with Crippen LogP contribution in [0.2, 0.25) is 0 Å². The van der Waals surface area contributed by atoms with Gasteiger partial charge in [0.2, 0.25) is 5.91 Å². The van der Waals surface area contributed by atoms with Crippen molar-refractivity contribution in [3.63, 3.8) is 0 Å². The Kier molecular flexibility index (Phi) is 11.2. The summed E-state index contributed by atoms with van der Waals surface area (Å²) in [6.07, 6.45) is 3.29. The molecule has 0 spiro atoms. The summed E-state index contributed by atoms with van der Waals surface area (Å²) in [6.45, 7) is 7.05. The fraction of sp³-hybridized carbons (Fsp3) is 0.652. The van der Waals surface area contributed by atoms with Crippen LogP contribution in [0.5, 0.6) is 5.75 Å². The van der Waals surface area contributed by atoms with Gasteiger partial charge < -0.3 is 25.0 Å². The van der Waals surface area contributed by atoms with Crippen molar-refractivity contribution >= 4 is 11.9 Å². The maximum Gasteiger partial charge on any atom is 0.243 e. The molecule has 0 saturated carbocycles. The predicted molar refractivity (Wildman–Crippen MR) is 125 cm³/mol. The Morgan fingerprint density at radius 1 is 1.23 bits per heavy atom. The number of aliphatic imine (C=N–C) groups is 1. The highest BCUT2D eigenvalue weighted by atomic mass is 16.5. The number of ether oxygens (including phenoxy) is 2. The normalized spacial score (nSPS) is 15.5. The maximum absolute atomic E-state index is 12.0. The lowest BCUT2D eigenvalue weighted by atomic mass is 10.0. The van der Waals surface area contributed by atoms with Crippen LogP contribution < -0.4 is 15.4 Å². The molecule has 1 aromatic carbocycles. The molecule has 0 aromatic heterocycles. The van der Waals surface area contributed by atoms with Crippen molar-refractivity contribution in [2.24, 2.45) is 4.99 Å². The third-order valence-corrected chi connectivity index (χ3v) is 5.38. The molecular weight excluding hydrogens is 394 g/mol. The van der Waals surface area contributed by atoms with E-state index in [2.05, 4.69) is 32.7 Å². The highest BCUT2D eigenvalue weighted by Crippen LogP contribution is 2.31. The number of carbonyl (C=O) groups is 1. The Balaban J connectivity index is 2.09. The summed E-state index contributed by atoms with van der Waals surface area (Å²) in [7, 11) is 5.20. The summed E-state index contributed by atoms with van der Waals surface area (Å²) in [6, 6.07) is 8.35. The fourth-order valence-electron chi connectivity index (χ4n) is 3.61. The zero-order chi connectivity index (χ0) is 22.5. The van der Waals surface area contributed by atoms with Crippen molar-refractivity contribution in [1.29, 1.82) is 0 Å². The van der Waals surface area contributed by atoms with E-state index in [0.29, 0.717) is 25.7 Å². The van der Waals surface area contributed by atoms with Crippen LogP contribution in [0.25, 0.3) is 0 Å². The average Bonchev–Trinajstić information content (AvgIpc) is 3.31. The molecule has 1 unspecified atom stereocenters. The number of carbonyl (C=O) groups excluding carboxylic acids is 1. The summed E-state index contributed by atoms with van der Waals surface area (Å²) in [5.41, 5.74) is 1.17. The van der Waals surface area contributed by atoms with E-state index in [9.17, 15) is 4.79 Å². The third-order valence-electron chi connectivity index (χ3n) is 5.38. The highest BCUT2D eigenvalue weighted by Gasteiger charge is 2.26. The van der Waals surface area contributed by atoms with Crippen LogP contribution in [-0.2, 0) is 9.53 Å². The van der Waals surface area contributed by atoms with Crippen LogP contribution >= 0.6 is 0 Å². The van der Waals surface area contributed by atoms with Crippen molar-refractivity contribution < 1.29 is 14.3 Å². The maximum atomic E-state index is 12.0. The lowest BCUT2D eigenvalue weighted by Gasteiger charge is -2.30. The minimum Gasteiger partial charge on any atom is -0.496 e. The van der Waals surface area contributed by atoms with Gasteiger partial charge in [-0.25, -0.2) is 4.99 Å². The van der Waals surface area contributed by atoms with Crippen molar-refractivity contribution in [2.45, 2.75) is 32.2 Å². The predicted octanol–water partition coefficient (Wildman–Crippen LogP) is 1.88. The van der Waals surface area contributed by atoms with Crippen molar-refractivity contribution in [1.82, 2.24) is 20.4 Å². The van der Waals surface area contributed by atoms with Crippen LogP contribution in [0, 0.1) is 0 Å². The van der Waals surface area contributed by atoms with Crippen molar-refractivity contribution in [3.8, 4) is 5.75 Å². The molecule has 2 rings (SSSR count). The molecule has 1 saturated heterocycles. The first kappa shape index (κ1) is 24.9. The first-order valence-electron chi connectivity index (χ1n) is 11.2. The summed E-state index contributed by atoms with van der Waals surface area (Å²) in [4.78, 5) is 20.6. The molecule has 0 radical (unpaired) electrons. The Morgan fingerprint density at radius 2 is 1.97 bits per heavy atom. The van der Waals surface area contributed by atoms with E-state index in [-0.39, 0.29) is 18.5 Å². The van der Waals surface area contributed by atoms with Gasteiger partial charge in [-0.2, -0.15) is 0 Å². The minimum atomic E-state index is -0.0313. The molecule has 8 heteroatoms. The van der Waals surface area contributed by atoms with Crippen LogP contribution in [0.1, 0.15) is 37.8 Å². The molecule has 0 bridgehead atoms. The second-order valence-corrected chi connectivity index (χ2v) is 7.81. The number of likely N-dealkylation sites (N-methyl/N-ethyl adjacent to an activating group) is 1. The van der Waals surface area contributed by atoms with E-state index >= 15 is 0 Å². The molecule has 8 nitrogen and oxygen atoms in total. The Hall–Kier alpha value is -2.32. The van der Waals surface area contributed by atoms with Gasteiger partial charge in [-0.3, -0.25) is 9.69 Å². The fourth-order valence-corrected chi connectivity index (χ4v) is 3.61. The second-order valence-electron chi connectivity index (χ2n) is 7.81. The number of guanidine groups is 1. The van der Waals surface area contributed by atoms with E-state index in [0.717, 1.165) is 31.8 Å². The number of nitrogens with zero attached hydrogens (tertiary/aromatic N) is 3. The van der Waals surface area contributed by atoms with E-state index < -0.39 is 0 Å². The van der Waals surface area contributed by atoms with Gasteiger partial charge in [0.25, 0.3) is 0 Å². The van der Waals surface area contributed by atoms with Gasteiger partial charge in [0.1, 0.15) is 12.3 Å². The number of benzene rings is 1. The SMILES string of the molecule is CCOCCCNC(=NCC(=O)N(C)C)NCC(c1ccccc1OC)N1CCCC1. The number of hydrogen-bond donors (Lipinski definition) is 2. The van der Waals surface area contributed by atoms with Crippen LogP contribution in [0.4, 0.5) is 0 Å². The average molecular weight is 434 g/mol. The number of amides is 1. The lowest BCUT2D eigenvalue weighted by Crippen LogP contribution is -2.43. The summed E-state index contributed by atoms with van der Waals surface area (Å²) in [5.74, 6) is 1.51.